The van der Waals surface area contributed by atoms with E-state index in [1.807, 2.05) is 42.5 Å². The number of carbonyl (C=O) groups excluding carboxylic acids is 1. The molecule has 0 radical (unpaired) electrons. The van der Waals surface area contributed by atoms with Crippen molar-refractivity contribution in [3.8, 4) is 0 Å². The minimum absolute atomic E-state index is 0.346. The average molecular weight is 303 g/mol. The van der Waals surface area contributed by atoms with Crippen LogP contribution in [0.2, 0.25) is 0 Å². The van der Waals surface area contributed by atoms with Gasteiger partial charge in [-0.25, -0.2) is 4.79 Å². The number of hydrogen-bond donors (Lipinski definition) is 1. The molecule has 0 aliphatic rings. The number of hydrogen-bond acceptors (Lipinski definition) is 5. The predicted octanol–water partition coefficient (Wildman–Crippen LogP) is 2.26. The van der Waals surface area contributed by atoms with E-state index in [-0.39, 0.29) is 5.97 Å². The van der Waals surface area contributed by atoms with Crippen molar-refractivity contribution in [3.05, 3.63) is 48.0 Å². The van der Waals surface area contributed by atoms with Gasteiger partial charge in [-0.1, -0.05) is 36.4 Å². The van der Waals surface area contributed by atoms with Gasteiger partial charge in [-0.05, 0) is 22.4 Å². The molecule has 0 aliphatic heterocycles. The molecule has 1 atom stereocenters. The van der Waals surface area contributed by atoms with Crippen molar-refractivity contribution in [1.29, 1.82) is 0 Å². The topological polar surface area (TPSA) is 56.8 Å². The normalized spacial score (nSPS) is 12.5. The summed E-state index contributed by atoms with van der Waals surface area (Å²) < 4.78 is 15.2. The molecule has 2 aromatic rings. The summed E-state index contributed by atoms with van der Waals surface area (Å²) in [4.78, 5) is 12.1. The fourth-order valence-electron chi connectivity index (χ4n) is 2.32. The third-order valence-corrected chi connectivity index (χ3v) is 3.56. The summed E-state index contributed by atoms with van der Waals surface area (Å²) in [5.74, 6) is -0.346. The Balaban J connectivity index is 2.24. The van der Waals surface area contributed by atoms with Crippen LogP contribution in [0.15, 0.2) is 42.5 Å². The fourth-order valence-corrected chi connectivity index (χ4v) is 2.32. The van der Waals surface area contributed by atoms with Gasteiger partial charge in [0.15, 0.2) is 6.29 Å². The monoisotopic (exact) mass is 303 g/mol. The van der Waals surface area contributed by atoms with E-state index >= 15 is 0 Å². The summed E-state index contributed by atoms with van der Waals surface area (Å²) >= 11 is 0. The Labute approximate surface area is 130 Å². The first-order chi connectivity index (χ1) is 10.7. The van der Waals surface area contributed by atoms with Gasteiger partial charge in [0.05, 0.1) is 7.11 Å². The summed E-state index contributed by atoms with van der Waals surface area (Å²) in [6.45, 7) is 0.375. The van der Waals surface area contributed by atoms with Crippen molar-refractivity contribution in [3.63, 3.8) is 0 Å². The van der Waals surface area contributed by atoms with Gasteiger partial charge in [0.1, 0.15) is 6.04 Å². The number of carbonyl (C=O) groups is 1. The molecule has 0 aliphatic carbocycles. The highest BCUT2D eigenvalue weighted by atomic mass is 16.7. The second kappa shape index (κ2) is 7.89. The standard InChI is InChI=1S/C17H21NO4/c1-20-15(21-2)11-18-16(17(19)22-3)14-9-8-12-6-4-5-7-13(12)10-14/h4-10,15-16,18H,11H2,1-3H3. The minimum atomic E-state index is -0.567. The zero-order chi connectivity index (χ0) is 15.9. The number of rotatable bonds is 7. The van der Waals surface area contributed by atoms with Crippen molar-refractivity contribution in [2.24, 2.45) is 0 Å². The van der Waals surface area contributed by atoms with Crippen molar-refractivity contribution >= 4 is 16.7 Å². The van der Waals surface area contributed by atoms with Crippen LogP contribution >= 0.6 is 0 Å². The van der Waals surface area contributed by atoms with Gasteiger partial charge in [0.2, 0.25) is 0 Å². The molecule has 5 nitrogen and oxygen atoms in total. The Bertz CT molecular complexity index is 625. The summed E-state index contributed by atoms with van der Waals surface area (Å²) in [6.07, 6.45) is -0.424. The number of esters is 1. The fraction of sp³-hybridized carbons (Fsp3) is 0.353. The highest BCUT2D eigenvalue weighted by molar-refractivity contribution is 5.85. The Hall–Kier alpha value is -1.95. The van der Waals surface area contributed by atoms with Gasteiger partial charge in [-0.3, -0.25) is 5.32 Å². The van der Waals surface area contributed by atoms with Crippen LogP contribution in [0.4, 0.5) is 0 Å². The molecule has 22 heavy (non-hydrogen) atoms. The molecule has 0 spiro atoms. The summed E-state index contributed by atoms with van der Waals surface area (Å²) in [5.41, 5.74) is 0.844. The Morgan fingerprint density at radius 1 is 1.05 bits per heavy atom. The number of methoxy groups -OCH3 is 3. The third kappa shape index (κ3) is 3.82. The maximum atomic E-state index is 12.1. The molecule has 1 unspecified atom stereocenters. The highest BCUT2D eigenvalue weighted by Crippen LogP contribution is 2.21. The van der Waals surface area contributed by atoms with Gasteiger partial charge < -0.3 is 14.2 Å². The molecular weight excluding hydrogens is 282 g/mol. The first kappa shape index (κ1) is 16.4. The van der Waals surface area contributed by atoms with Crippen LogP contribution < -0.4 is 5.32 Å². The van der Waals surface area contributed by atoms with E-state index < -0.39 is 12.3 Å². The zero-order valence-corrected chi connectivity index (χ0v) is 13.0. The number of fused-ring (bicyclic) bond motifs is 1. The van der Waals surface area contributed by atoms with Gasteiger partial charge in [0.25, 0.3) is 0 Å². The molecule has 0 aromatic heterocycles. The SMILES string of the molecule is COC(=O)C(NCC(OC)OC)c1ccc2ccccc2c1. The molecule has 0 bridgehead atoms. The van der Waals surface area contributed by atoms with Crippen LogP contribution in [0, 0.1) is 0 Å². The molecular formula is C17H21NO4. The first-order valence-corrected chi connectivity index (χ1v) is 7.05. The van der Waals surface area contributed by atoms with Crippen molar-refractivity contribution in [2.45, 2.75) is 12.3 Å². The maximum Gasteiger partial charge on any atom is 0.327 e. The van der Waals surface area contributed by atoms with Gasteiger partial charge in [-0.15, -0.1) is 0 Å². The molecule has 0 saturated carbocycles. The molecule has 0 amide bonds. The largest absolute Gasteiger partial charge is 0.468 e. The van der Waals surface area contributed by atoms with Crippen LogP contribution in [0.5, 0.6) is 0 Å². The predicted molar refractivity (Wildman–Crippen MR) is 84.5 cm³/mol. The third-order valence-electron chi connectivity index (χ3n) is 3.56. The van der Waals surface area contributed by atoms with E-state index in [4.69, 9.17) is 14.2 Å². The smallest absolute Gasteiger partial charge is 0.327 e. The number of ether oxygens (including phenoxy) is 3. The van der Waals surface area contributed by atoms with E-state index in [0.717, 1.165) is 16.3 Å². The van der Waals surface area contributed by atoms with E-state index in [1.165, 1.54) is 7.11 Å². The summed E-state index contributed by atoms with van der Waals surface area (Å²) in [7, 11) is 4.49. The van der Waals surface area contributed by atoms with Crippen LogP contribution in [0.3, 0.4) is 0 Å². The van der Waals surface area contributed by atoms with Crippen LogP contribution in [0.25, 0.3) is 10.8 Å². The second-order valence-corrected chi connectivity index (χ2v) is 4.87. The minimum Gasteiger partial charge on any atom is -0.468 e. The van der Waals surface area contributed by atoms with Crippen molar-refractivity contribution in [1.82, 2.24) is 5.32 Å². The first-order valence-electron chi connectivity index (χ1n) is 7.05. The highest BCUT2D eigenvalue weighted by Gasteiger charge is 2.22. The lowest BCUT2D eigenvalue weighted by Crippen LogP contribution is -2.36. The average Bonchev–Trinajstić information content (AvgIpc) is 2.58. The quantitative estimate of drug-likeness (QED) is 0.628. The van der Waals surface area contributed by atoms with Crippen LogP contribution in [-0.4, -0.2) is 40.1 Å². The molecule has 2 aromatic carbocycles. The van der Waals surface area contributed by atoms with Gasteiger partial charge in [0, 0.05) is 20.8 Å². The number of nitrogens with one attached hydrogen (secondary N) is 1. The van der Waals surface area contributed by atoms with E-state index in [9.17, 15) is 4.79 Å². The van der Waals surface area contributed by atoms with Gasteiger partial charge >= 0.3 is 5.97 Å². The molecule has 0 fully saturated rings. The zero-order valence-electron chi connectivity index (χ0n) is 13.0. The van der Waals surface area contributed by atoms with Crippen LogP contribution in [0.1, 0.15) is 11.6 Å². The van der Waals surface area contributed by atoms with Crippen LogP contribution in [-0.2, 0) is 19.0 Å². The lowest BCUT2D eigenvalue weighted by Gasteiger charge is -2.20. The second-order valence-electron chi connectivity index (χ2n) is 4.87. The molecule has 0 saturated heterocycles. The molecule has 118 valence electrons. The Morgan fingerprint density at radius 2 is 1.73 bits per heavy atom. The maximum absolute atomic E-state index is 12.1. The van der Waals surface area contributed by atoms with E-state index in [0.29, 0.717) is 6.54 Å². The lowest BCUT2D eigenvalue weighted by atomic mass is 10.0. The van der Waals surface area contributed by atoms with E-state index in [1.54, 1.807) is 14.2 Å². The molecule has 0 heterocycles. The summed E-state index contributed by atoms with van der Waals surface area (Å²) in [5, 5.41) is 5.33. The van der Waals surface area contributed by atoms with Gasteiger partial charge in [-0.2, -0.15) is 0 Å². The van der Waals surface area contributed by atoms with E-state index in [2.05, 4.69) is 5.32 Å². The van der Waals surface area contributed by atoms with Crippen molar-refractivity contribution < 1.29 is 19.0 Å². The Morgan fingerprint density at radius 3 is 2.36 bits per heavy atom. The Kier molecular flexibility index (Phi) is 5.89. The molecule has 5 heteroatoms. The van der Waals surface area contributed by atoms with Crippen molar-refractivity contribution in [2.75, 3.05) is 27.9 Å². The lowest BCUT2D eigenvalue weighted by molar-refractivity contribution is -0.144. The molecule has 1 N–H and O–H groups in total. The summed E-state index contributed by atoms with van der Waals surface area (Å²) in [6, 6.07) is 13.3. The molecule has 2 rings (SSSR count). The number of benzene rings is 2.